The van der Waals surface area contributed by atoms with Gasteiger partial charge in [-0.25, -0.2) is 12.7 Å². The molecule has 6 heteroatoms. The first-order chi connectivity index (χ1) is 9.91. The minimum Gasteiger partial charge on any atom is -0.374 e. The van der Waals surface area contributed by atoms with E-state index in [9.17, 15) is 8.42 Å². The molecule has 5 nitrogen and oxygen atoms in total. The van der Waals surface area contributed by atoms with Crippen LogP contribution in [-0.2, 0) is 10.0 Å². The molecule has 2 rings (SSSR count). The van der Waals surface area contributed by atoms with Gasteiger partial charge in [-0.15, -0.1) is 0 Å². The van der Waals surface area contributed by atoms with Crippen LogP contribution in [0.4, 0.5) is 5.69 Å². The first-order valence-electron chi connectivity index (χ1n) is 7.35. The average molecular weight is 311 g/mol. The number of anilines is 1. The van der Waals surface area contributed by atoms with Crippen molar-refractivity contribution in [3.05, 3.63) is 24.3 Å². The summed E-state index contributed by atoms with van der Waals surface area (Å²) in [6.07, 6.45) is 2.49. The van der Waals surface area contributed by atoms with Gasteiger partial charge in [-0.3, -0.25) is 0 Å². The van der Waals surface area contributed by atoms with Gasteiger partial charge < -0.3 is 10.2 Å². The summed E-state index contributed by atoms with van der Waals surface area (Å²) in [6.45, 7) is 3.18. The molecule has 0 saturated carbocycles. The van der Waals surface area contributed by atoms with E-state index in [1.807, 2.05) is 12.1 Å². The largest absolute Gasteiger partial charge is 0.374 e. The molecule has 1 aromatic rings. The Morgan fingerprint density at radius 3 is 2.38 bits per heavy atom. The van der Waals surface area contributed by atoms with Crippen LogP contribution in [0.25, 0.3) is 0 Å². The third-order valence-electron chi connectivity index (χ3n) is 3.99. The second kappa shape index (κ2) is 6.77. The number of piperidine rings is 1. The summed E-state index contributed by atoms with van der Waals surface area (Å²) in [4.78, 5) is 2.54. The molecule has 1 saturated heterocycles. The van der Waals surface area contributed by atoms with E-state index in [-0.39, 0.29) is 0 Å². The van der Waals surface area contributed by atoms with Crippen molar-refractivity contribution in [1.82, 2.24) is 9.62 Å². The lowest BCUT2D eigenvalue weighted by atomic mass is 9.99. The Kier molecular flexibility index (Phi) is 5.24. The summed E-state index contributed by atoms with van der Waals surface area (Å²) in [5.41, 5.74) is 1.05. The molecule has 1 unspecified atom stereocenters. The lowest BCUT2D eigenvalue weighted by Gasteiger charge is -2.29. The summed E-state index contributed by atoms with van der Waals surface area (Å²) >= 11 is 0. The first-order valence-corrected chi connectivity index (χ1v) is 8.79. The van der Waals surface area contributed by atoms with E-state index in [2.05, 4.69) is 17.3 Å². The van der Waals surface area contributed by atoms with Crippen molar-refractivity contribution in [2.75, 3.05) is 45.7 Å². The van der Waals surface area contributed by atoms with Crippen molar-refractivity contribution >= 4 is 15.7 Å². The third-order valence-corrected chi connectivity index (χ3v) is 5.82. The fourth-order valence-corrected chi connectivity index (χ4v) is 3.56. The smallest absolute Gasteiger partial charge is 0.242 e. The van der Waals surface area contributed by atoms with Crippen molar-refractivity contribution < 1.29 is 8.42 Å². The third kappa shape index (κ3) is 3.96. The molecule has 0 aliphatic carbocycles. The van der Waals surface area contributed by atoms with E-state index in [0.717, 1.165) is 25.3 Å². The molecule has 1 heterocycles. The molecule has 21 heavy (non-hydrogen) atoms. The van der Waals surface area contributed by atoms with Gasteiger partial charge in [0.15, 0.2) is 0 Å². The number of hydrogen-bond acceptors (Lipinski definition) is 4. The molecular formula is C15H25N3O2S. The molecule has 1 aliphatic heterocycles. The summed E-state index contributed by atoms with van der Waals surface area (Å²) in [6, 6.07) is 7.12. The zero-order valence-electron chi connectivity index (χ0n) is 13.0. The topological polar surface area (TPSA) is 52.7 Å². The van der Waals surface area contributed by atoms with Gasteiger partial charge in [0.25, 0.3) is 0 Å². The molecule has 1 aromatic carbocycles. The van der Waals surface area contributed by atoms with Crippen molar-refractivity contribution in [3.8, 4) is 0 Å². The summed E-state index contributed by atoms with van der Waals surface area (Å²) < 4.78 is 25.3. The zero-order chi connectivity index (χ0) is 15.5. The van der Waals surface area contributed by atoms with Crippen LogP contribution in [0.15, 0.2) is 29.2 Å². The second-order valence-electron chi connectivity index (χ2n) is 5.87. The number of rotatable bonds is 5. The normalized spacial score (nSPS) is 19.7. The van der Waals surface area contributed by atoms with E-state index in [1.165, 1.54) is 17.1 Å². The predicted molar refractivity (Wildman–Crippen MR) is 86.2 cm³/mol. The van der Waals surface area contributed by atoms with E-state index in [1.54, 1.807) is 26.2 Å². The standard InChI is InChI=1S/C15H25N3O2S/c1-17(2)21(19,20)15-8-6-14(7-9-15)18(3)12-13-5-4-10-16-11-13/h6-9,13,16H,4-5,10-12H2,1-3H3. The molecule has 118 valence electrons. The highest BCUT2D eigenvalue weighted by molar-refractivity contribution is 7.89. The van der Waals surface area contributed by atoms with Crippen LogP contribution in [-0.4, -0.2) is 53.5 Å². The second-order valence-corrected chi connectivity index (χ2v) is 8.03. The Morgan fingerprint density at radius 1 is 1.19 bits per heavy atom. The molecule has 1 aliphatic rings. The number of benzene rings is 1. The van der Waals surface area contributed by atoms with Gasteiger partial charge in [0, 0.05) is 33.4 Å². The van der Waals surface area contributed by atoms with E-state index < -0.39 is 10.0 Å². The molecule has 1 N–H and O–H groups in total. The van der Waals surface area contributed by atoms with Crippen LogP contribution < -0.4 is 10.2 Å². The highest BCUT2D eigenvalue weighted by atomic mass is 32.2. The molecule has 0 bridgehead atoms. The minimum atomic E-state index is -3.34. The Morgan fingerprint density at radius 2 is 1.86 bits per heavy atom. The number of nitrogens with one attached hydrogen (secondary N) is 1. The first kappa shape index (κ1) is 16.3. The van der Waals surface area contributed by atoms with Crippen LogP contribution >= 0.6 is 0 Å². The van der Waals surface area contributed by atoms with Gasteiger partial charge in [0.1, 0.15) is 0 Å². The highest BCUT2D eigenvalue weighted by Crippen LogP contribution is 2.21. The summed E-state index contributed by atoms with van der Waals surface area (Å²) in [7, 11) is 1.81. The minimum absolute atomic E-state index is 0.337. The van der Waals surface area contributed by atoms with Crippen molar-refractivity contribution in [2.45, 2.75) is 17.7 Å². The van der Waals surface area contributed by atoms with E-state index >= 15 is 0 Å². The van der Waals surface area contributed by atoms with Crippen LogP contribution in [0.2, 0.25) is 0 Å². The van der Waals surface area contributed by atoms with Gasteiger partial charge in [-0.2, -0.15) is 0 Å². The monoisotopic (exact) mass is 311 g/mol. The molecule has 0 aromatic heterocycles. The number of sulfonamides is 1. The Labute approximate surface area is 128 Å². The van der Waals surface area contributed by atoms with Gasteiger partial charge >= 0.3 is 0 Å². The fraction of sp³-hybridized carbons (Fsp3) is 0.600. The van der Waals surface area contributed by atoms with E-state index in [0.29, 0.717) is 10.8 Å². The maximum atomic E-state index is 12.0. The summed E-state index contributed by atoms with van der Waals surface area (Å²) in [5, 5.41) is 3.42. The van der Waals surface area contributed by atoms with Gasteiger partial charge in [-0.1, -0.05) is 0 Å². The highest BCUT2D eigenvalue weighted by Gasteiger charge is 2.18. The van der Waals surface area contributed by atoms with Crippen LogP contribution in [0.1, 0.15) is 12.8 Å². The molecule has 0 radical (unpaired) electrons. The summed E-state index contributed by atoms with van der Waals surface area (Å²) in [5.74, 6) is 0.661. The van der Waals surface area contributed by atoms with Crippen LogP contribution in [0, 0.1) is 5.92 Å². The quantitative estimate of drug-likeness (QED) is 0.892. The van der Waals surface area contributed by atoms with Gasteiger partial charge in [0.2, 0.25) is 10.0 Å². The Balaban J connectivity index is 2.04. The van der Waals surface area contributed by atoms with Crippen molar-refractivity contribution in [3.63, 3.8) is 0 Å². The number of nitrogens with zero attached hydrogens (tertiary/aromatic N) is 2. The zero-order valence-corrected chi connectivity index (χ0v) is 13.9. The predicted octanol–water partition coefficient (Wildman–Crippen LogP) is 1.37. The fourth-order valence-electron chi connectivity index (χ4n) is 2.66. The van der Waals surface area contributed by atoms with Crippen LogP contribution in [0.5, 0.6) is 0 Å². The van der Waals surface area contributed by atoms with Gasteiger partial charge in [-0.05, 0) is 56.1 Å². The number of hydrogen-bond donors (Lipinski definition) is 1. The molecule has 0 spiro atoms. The maximum Gasteiger partial charge on any atom is 0.242 e. The molecular weight excluding hydrogens is 286 g/mol. The average Bonchev–Trinajstić information content (AvgIpc) is 2.48. The van der Waals surface area contributed by atoms with Crippen molar-refractivity contribution in [1.29, 1.82) is 0 Å². The lowest BCUT2D eigenvalue weighted by Crippen LogP contribution is -2.36. The Bertz CT molecular complexity index is 549. The molecule has 1 atom stereocenters. The Hall–Kier alpha value is -1.11. The maximum absolute atomic E-state index is 12.0. The van der Waals surface area contributed by atoms with Crippen LogP contribution in [0.3, 0.4) is 0 Å². The lowest BCUT2D eigenvalue weighted by molar-refractivity contribution is 0.381. The van der Waals surface area contributed by atoms with Crippen molar-refractivity contribution in [2.24, 2.45) is 5.92 Å². The molecule has 1 fully saturated rings. The molecule has 0 amide bonds. The SMILES string of the molecule is CN(CC1CCCNC1)c1ccc(S(=O)(=O)N(C)C)cc1. The van der Waals surface area contributed by atoms with Gasteiger partial charge in [0.05, 0.1) is 4.90 Å². The van der Waals surface area contributed by atoms with E-state index in [4.69, 9.17) is 0 Å².